The molecule has 0 amide bonds. The molecule has 1 fully saturated rings. The van der Waals surface area contributed by atoms with Crippen molar-refractivity contribution in [1.29, 1.82) is 0 Å². The van der Waals surface area contributed by atoms with Crippen molar-refractivity contribution in [3.63, 3.8) is 0 Å². The monoisotopic (exact) mass is 188 g/mol. The van der Waals surface area contributed by atoms with Gasteiger partial charge in [0.05, 0.1) is 0 Å². The van der Waals surface area contributed by atoms with Crippen molar-refractivity contribution in [2.75, 3.05) is 0 Å². The fourth-order valence-corrected chi connectivity index (χ4v) is 2.52. The van der Waals surface area contributed by atoms with Crippen molar-refractivity contribution in [2.45, 2.75) is 63.7 Å². The summed E-state index contributed by atoms with van der Waals surface area (Å²) in [5.74, 6) is 1.02. The lowest BCUT2D eigenvalue weighted by atomic mass is 9.99. The summed E-state index contributed by atoms with van der Waals surface area (Å²) in [7, 11) is 0. The minimum absolute atomic E-state index is 0.454. The molecule has 0 aliphatic heterocycles. The summed E-state index contributed by atoms with van der Waals surface area (Å²) in [6.45, 7) is 2.21. The van der Waals surface area contributed by atoms with Gasteiger partial charge in [0.25, 0.3) is 0 Å². The summed E-state index contributed by atoms with van der Waals surface area (Å²) in [5, 5.41) is 0.454. The van der Waals surface area contributed by atoms with E-state index in [4.69, 9.17) is 11.6 Å². The van der Waals surface area contributed by atoms with E-state index in [-0.39, 0.29) is 0 Å². The van der Waals surface area contributed by atoms with Crippen LogP contribution in [0.1, 0.15) is 58.3 Å². The van der Waals surface area contributed by atoms with Gasteiger partial charge in [0.2, 0.25) is 0 Å². The Hall–Kier alpha value is 0.290. The number of rotatable bonds is 5. The Morgan fingerprint density at radius 2 is 1.92 bits per heavy atom. The molecule has 1 unspecified atom stereocenters. The molecule has 1 aliphatic rings. The van der Waals surface area contributed by atoms with Gasteiger partial charge < -0.3 is 0 Å². The number of alkyl halides is 1. The lowest BCUT2D eigenvalue weighted by Gasteiger charge is -2.11. The fraction of sp³-hybridized carbons (Fsp3) is 1.00. The molecule has 1 aliphatic carbocycles. The Labute approximate surface area is 81.7 Å². The molecule has 0 bridgehead atoms. The molecular formula is C11H21Cl. The van der Waals surface area contributed by atoms with Gasteiger partial charge in [-0.2, -0.15) is 0 Å². The third-order valence-corrected chi connectivity index (χ3v) is 3.40. The van der Waals surface area contributed by atoms with E-state index in [1.54, 1.807) is 0 Å². The molecule has 0 radical (unpaired) electrons. The van der Waals surface area contributed by atoms with E-state index >= 15 is 0 Å². The minimum atomic E-state index is 0.454. The highest BCUT2D eigenvalue weighted by Crippen LogP contribution is 2.30. The van der Waals surface area contributed by atoms with Crippen molar-refractivity contribution < 1.29 is 0 Å². The van der Waals surface area contributed by atoms with Gasteiger partial charge >= 0.3 is 0 Å². The second kappa shape index (κ2) is 5.85. The molecule has 72 valence electrons. The van der Waals surface area contributed by atoms with Crippen molar-refractivity contribution in [1.82, 2.24) is 0 Å². The first-order valence-electron chi connectivity index (χ1n) is 5.47. The van der Waals surface area contributed by atoms with Gasteiger partial charge in [0, 0.05) is 5.38 Å². The Morgan fingerprint density at radius 1 is 1.25 bits per heavy atom. The van der Waals surface area contributed by atoms with Crippen LogP contribution in [0.2, 0.25) is 0 Å². The molecular weight excluding hydrogens is 168 g/mol. The Kier molecular flexibility index (Phi) is 5.06. The summed E-state index contributed by atoms with van der Waals surface area (Å²) < 4.78 is 0. The highest BCUT2D eigenvalue weighted by molar-refractivity contribution is 6.20. The fourth-order valence-electron chi connectivity index (χ4n) is 2.17. The van der Waals surface area contributed by atoms with Gasteiger partial charge in [-0.05, 0) is 25.2 Å². The molecule has 1 saturated carbocycles. The van der Waals surface area contributed by atoms with E-state index in [9.17, 15) is 0 Å². The van der Waals surface area contributed by atoms with Crippen LogP contribution in [-0.4, -0.2) is 5.38 Å². The van der Waals surface area contributed by atoms with E-state index in [0.717, 1.165) is 5.92 Å². The van der Waals surface area contributed by atoms with Gasteiger partial charge in [0.1, 0.15) is 0 Å². The molecule has 1 atom stereocenters. The summed E-state index contributed by atoms with van der Waals surface area (Å²) in [5.41, 5.74) is 0. The van der Waals surface area contributed by atoms with Crippen molar-refractivity contribution in [3.8, 4) is 0 Å². The summed E-state index contributed by atoms with van der Waals surface area (Å²) >= 11 is 6.16. The average molecular weight is 189 g/mol. The molecule has 0 heterocycles. The molecule has 0 nitrogen and oxygen atoms in total. The Bertz CT molecular complexity index is 106. The molecule has 0 aromatic carbocycles. The van der Waals surface area contributed by atoms with Gasteiger partial charge in [0.15, 0.2) is 0 Å². The number of hydrogen-bond acceptors (Lipinski definition) is 0. The average Bonchev–Trinajstić information content (AvgIpc) is 2.53. The van der Waals surface area contributed by atoms with Gasteiger partial charge in [-0.3, -0.25) is 0 Å². The third-order valence-electron chi connectivity index (χ3n) is 2.96. The van der Waals surface area contributed by atoms with Crippen molar-refractivity contribution in [3.05, 3.63) is 0 Å². The third kappa shape index (κ3) is 3.80. The topological polar surface area (TPSA) is 0 Å². The van der Waals surface area contributed by atoms with Crippen LogP contribution in [0.5, 0.6) is 0 Å². The maximum Gasteiger partial charge on any atom is 0.0336 e. The molecule has 0 spiro atoms. The van der Waals surface area contributed by atoms with Crippen LogP contribution in [0.3, 0.4) is 0 Å². The zero-order chi connectivity index (χ0) is 8.81. The molecule has 1 rings (SSSR count). The molecule has 0 aromatic heterocycles. The van der Waals surface area contributed by atoms with E-state index in [1.165, 1.54) is 51.4 Å². The standard InChI is InChI=1S/C11H21Cl/c1-2-5-11(12)9-8-10-6-3-4-7-10/h10-11H,2-9H2,1H3. The van der Waals surface area contributed by atoms with Gasteiger partial charge in [-0.1, -0.05) is 39.0 Å². The lowest BCUT2D eigenvalue weighted by Crippen LogP contribution is -2.02. The minimum Gasteiger partial charge on any atom is -0.123 e. The first kappa shape index (κ1) is 10.4. The second-order valence-corrected chi connectivity index (χ2v) is 4.73. The van der Waals surface area contributed by atoms with E-state index in [2.05, 4.69) is 6.92 Å². The van der Waals surface area contributed by atoms with Crippen LogP contribution in [-0.2, 0) is 0 Å². The van der Waals surface area contributed by atoms with Crippen LogP contribution in [0.4, 0.5) is 0 Å². The Balaban J connectivity index is 1.99. The number of hydrogen-bond donors (Lipinski definition) is 0. The zero-order valence-corrected chi connectivity index (χ0v) is 8.95. The van der Waals surface area contributed by atoms with E-state index in [0.29, 0.717) is 5.38 Å². The van der Waals surface area contributed by atoms with Gasteiger partial charge in [-0.15, -0.1) is 11.6 Å². The van der Waals surface area contributed by atoms with E-state index < -0.39 is 0 Å². The summed E-state index contributed by atoms with van der Waals surface area (Å²) in [6, 6.07) is 0. The first-order chi connectivity index (χ1) is 5.83. The SMILES string of the molecule is CCCC(Cl)CCC1CCCC1. The van der Waals surface area contributed by atoms with Crippen LogP contribution < -0.4 is 0 Å². The molecule has 1 heteroatoms. The van der Waals surface area contributed by atoms with E-state index in [1.807, 2.05) is 0 Å². The number of halogens is 1. The highest BCUT2D eigenvalue weighted by Gasteiger charge is 2.15. The van der Waals surface area contributed by atoms with Crippen LogP contribution in [0.15, 0.2) is 0 Å². The first-order valence-corrected chi connectivity index (χ1v) is 5.90. The second-order valence-electron chi connectivity index (χ2n) is 4.11. The highest BCUT2D eigenvalue weighted by atomic mass is 35.5. The van der Waals surface area contributed by atoms with Crippen LogP contribution in [0, 0.1) is 5.92 Å². The molecule has 0 N–H and O–H groups in total. The Morgan fingerprint density at radius 3 is 2.50 bits per heavy atom. The smallest absolute Gasteiger partial charge is 0.0336 e. The maximum atomic E-state index is 6.16. The van der Waals surface area contributed by atoms with Crippen LogP contribution >= 0.6 is 11.6 Å². The summed E-state index contributed by atoms with van der Waals surface area (Å²) in [4.78, 5) is 0. The normalized spacial score (nSPS) is 21.5. The van der Waals surface area contributed by atoms with Crippen molar-refractivity contribution in [2.24, 2.45) is 5.92 Å². The summed E-state index contributed by atoms with van der Waals surface area (Å²) in [6.07, 6.45) is 10.9. The van der Waals surface area contributed by atoms with Gasteiger partial charge in [-0.25, -0.2) is 0 Å². The zero-order valence-electron chi connectivity index (χ0n) is 8.19. The quantitative estimate of drug-likeness (QED) is 0.563. The predicted octanol–water partition coefficient (Wildman–Crippen LogP) is 4.36. The lowest BCUT2D eigenvalue weighted by molar-refractivity contribution is 0.470. The van der Waals surface area contributed by atoms with Crippen LogP contribution in [0.25, 0.3) is 0 Å². The largest absolute Gasteiger partial charge is 0.123 e. The molecule has 0 saturated heterocycles. The molecule has 0 aromatic rings. The van der Waals surface area contributed by atoms with Crippen molar-refractivity contribution >= 4 is 11.6 Å². The molecule has 12 heavy (non-hydrogen) atoms. The predicted molar refractivity (Wildman–Crippen MR) is 55.7 cm³/mol. The maximum absolute atomic E-state index is 6.16.